The molecule has 5 rings (SSSR count). The van der Waals surface area contributed by atoms with Gasteiger partial charge in [-0.2, -0.15) is 0 Å². The molecule has 0 bridgehead atoms. The first-order valence-electron chi connectivity index (χ1n) is 13.0. The summed E-state index contributed by atoms with van der Waals surface area (Å²) < 4.78 is 0. The van der Waals surface area contributed by atoms with E-state index in [0.29, 0.717) is 39.0 Å². The second kappa shape index (κ2) is 6.39. The summed E-state index contributed by atoms with van der Waals surface area (Å²) >= 11 is 0. The summed E-state index contributed by atoms with van der Waals surface area (Å²) in [7, 11) is 4.56. The maximum Gasteiger partial charge on any atom is 0.217 e. The van der Waals surface area contributed by atoms with E-state index in [2.05, 4.69) is 71.1 Å². The lowest BCUT2D eigenvalue weighted by Gasteiger charge is -2.62. The highest BCUT2D eigenvalue weighted by molar-refractivity contribution is 5.73. The maximum atomic E-state index is 11.8. The second-order valence-electron chi connectivity index (χ2n) is 13.6. The Kier molecular flexibility index (Phi) is 4.53. The molecule has 4 saturated carbocycles. The van der Waals surface area contributed by atoms with E-state index in [9.17, 15) is 4.79 Å². The third kappa shape index (κ3) is 2.48. The molecule has 0 unspecified atom stereocenters. The Balaban J connectivity index is 1.50. The molecule has 5 aliphatic rings. The molecule has 174 valence electrons. The van der Waals surface area contributed by atoms with Crippen LogP contribution in [0.3, 0.4) is 0 Å². The van der Waals surface area contributed by atoms with Crippen molar-refractivity contribution in [2.24, 2.45) is 44.8 Å². The van der Waals surface area contributed by atoms with Crippen molar-refractivity contribution in [3.8, 4) is 0 Å². The fraction of sp³-hybridized carbons (Fsp3) is 0.893. The van der Waals surface area contributed by atoms with Gasteiger partial charge in [-0.1, -0.05) is 39.8 Å². The molecular weight excluding hydrogens is 380 g/mol. The van der Waals surface area contributed by atoms with Crippen LogP contribution in [0.2, 0.25) is 0 Å². The van der Waals surface area contributed by atoms with Crippen molar-refractivity contribution in [3.63, 3.8) is 0 Å². The first-order chi connectivity index (χ1) is 14.4. The Morgan fingerprint density at radius 1 is 0.935 bits per heavy atom. The molecule has 9 atom stereocenters. The predicted molar refractivity (Wildman–Crippen MR) is 128 cm³/mol. The smallest absolute Gasteiger partial charge is 0.217 e. The molecule has 0 aromatic heterocycles. The Bertz CT molecular complexity index is 816. The first kappa shape index (κ1) is 22.0. The van der Waals surface area contributed by atoms with Crippen LogP contribution in [0, 0.1) is 44.8 Å². The number of allylic oxidation sites excluding steroid dienone is 2. The van der Waals surface area contributed by atoms with E-state index in [0.717, 1.165) is 11.8 Å². The van der Waals surface area contributed by atoms with Gasteiger partial charge in [0.15, 0.2) is 0 Å². The Morgan fingerprint density at radius 3 is 2.23 bits per heavy atom. The van der Waals surface area contributed by atoms with Crippen molar-refractivity contribution in [2.45, 2.75) is 98.6 Å². The number of hydrogen-bond donors (Lipinski definition) is 1. The Labute approximate surface area is 190 Å². The molecule has 2 spiro atoms. The fourth-order valence-corrected chi connectivity index (χ4v) is 10.8. The van der Waals surface area contributed by atoms with E-state index >= 15 is 0 Å². The standard InChI is InChI=1S/C28H46N2O/c1-18(29-19(2)31)20-11-13-26(6)22-10-9-21-24(3,4)23(30(7)8)12-14-27(21)17-28(22,27)16-15-25(20,26)5/h9-10,18,20-23H,11-17H2,1-8H3,(H,29,31)/t18-,20+,21+,22-,23+,25+,26-,27-,28+/m0/s1. The van der Waals surface area contributed by atoms with Crippen molar-refractivity contribution >= 4 is 5.91 Å². The van der Waals surface area contributed by atoms with Gasteiger partial charge in [-0.25, -0.2) is 0 Å². The second-order valence-corrected chi connectivity index (χ2v) is 13.6. The van der Waals surface area contributed by atoms with Crippen LogP contribution in [-0.4, -0.2) is 37.0 Å². The monoisotopic (exact) mass is 426 g/mol. The van der Waals surface area contributed by atoms with Gasteiger partial charge >= 0.3 is 0 Å². The first-order valence-corrected chi connectivity index (χ1v) is 13.0. The Hall–Kier alpha value is -0.830. The number of nitrogens with zero attached hydrogens (tertiary/aromatic N) is 1. The summed E-state index contributed by atoms with van der Waals surface area (Å²) in [5.41, 5.74) is 2.11. The van der Waals surface area contributed by atoms with Crippen LogP contribution < -0.4 is 5.32 Å². The SMILES string of the molecule is CC(=O)N[C@@H](C)[C@H]1CC[C@@]2(C)[C@@H]3C=C[C@@H]4C(C)(C)[C@H](N(C)C)CC[C@]45C[C@]35CC[C@]12C. The number of carbonyl (C=O) groups is 1. The van der Waals surface area contributed by atoms with E-state index in [1.807, 2.05) is 0 Å². The van der Waals surface area contributed by atoms with E-state index in [1.54, 1.807) is 6.92 Å². The van der Waals surface area contributed by atoms with E-state index < -0.39 is 0 Å². The van der Waals surface area contributed by atoms with Crippen LogP contribution in [0.1, 0.15) is 86.5 Å². The zero-order valence-corrected chi connectivity index (χ0v) is 21.3. The molecule has 31 heavy (non-hydrogen) atoms. The van der Waals surface area contributed by atoms with Crippen molar-refractivity contribution in [1.29, 1.82) is 0 Å². The van der Waals surface area contributed by atoms with Gasteiger partial charge in [0.1, 0.15) is 0 Å². The van der Waals surface area contributed by atoms with Crippen LogP contribution in [0.15, 0.2) is 12.2 Å². The number of amides is 1. The molecule has 0 radical (unpaired) electrons. The minimum atomic E-state index is 0.124. The Morgan fingerprint density at radius 2 is 1.58 bits per heavy atom. The topological polar surface area (TPSA) is 32.3 Å². The molecule has 3 heteroatoms. The van der Waals surface area contributed by atoms with Crippen LogP contribution in [0.25, 0.3) is 0 Å². The van der Waals surface area contributed by atoms with Gasteiger partial charge in [0.25, 0.3) is 0 Å². The highest BCUT2D eigenvalue weighted by Crippen LogP contribution is 2.87. The lowest BCUT2D eigenvalue weighted by Crippen LogP contribution is -2.58. The fourth-order valence-electron chi connectivity index (χ4n) is 10.8. The number of carbonyl (C=O) groups excluding carboxylic acids is 1. The molecule has 5 aliphatic carbocycles. The van der Waals surface area contributed by atoms with Gasteiger partial charge in [0.05, 0.1) is 0 Å². The van der Waals surface area contributed by atoms with Crippen LogP contribution in [0.5, 0.6) is 0 Å². The minimum Gasteiger partial charge on any atom is -0.354 e. The molecule has 0 heterocycles. The largest absolute Gasteiger partial charge is 0.354 e. The van der Waals surface area contributed by atoms with Gasteiger partial charge in [-0.05, 0) is 111 Å². The van der Waals surface area contributed by atoms with Gasteiger partial charge in [-0.15, -0.1) is 0 Å². The summed E-state index contributed by atoms with van der Waals surface area (Å²) in [6.07, 6.45) is 15.0. The predicted octanol–water partition coefficient (Wildman–Crippen LogP) is 5.66. The zero-order valence-electron chi connectivity index (χ0n) is 21.3. The molecule has 0 saturated heterocycles. The summed E-state index contributed by atoms with van der Waals surface area (Å²) in [4.78, 5) is 14.3. The maximum absolute atomic E-state index is 11.8. The van der Waals surface area contributed by atoms with E-state index in [-0.39, 0.29) is 11.9 Å². The van der Waals surface area contributed by atoms with Gasteiger partial charge < -0.3 is 10.2 Å². The normalized spacial score (nSPS) is 52.5. The van der Waals surface area contributed by atoms with E-state index in [4.69, 9.17) is 0 Å². The third-order valence-electron chi connectivity index (χ3n) is 12.2. The lowest BCUT2D eigenvalue weighted by atomic mass is 9.43. The minimum absolute atomic E-state index is 0.124. The van der Waals surface area contributed by atoms with Crippen molar-refractivity contribution in [1.82, 2.24) is 10.2 Å². The quantitative estimate of drug-likeness (QED) is 0.591. The zero-order chi connectivity index (χ0) is 22.6. The molecule has 0 aromatic rings. The average Bonchev–Trinajstić information content (AvgIpc) is 3.22. The van der Waals surface area contributed by atoms with Crippen molar-refractivity contribution in [3.05, 3.63) is 12.2 Å². The molecule has 1 N–H and O–H groups in total. The highest BCUT2D eigenvalue weighted by Gasteiger charge is 2.81. The number of fused-ring (bicyclic) bond motifs is 2. The summed E-state index contributed by atoms with van der Waals surface area (Å²) in [5, 5.41) is 3.26. The van der Waals surface area contributed by atoms with Gasteiger partial charge in [-0.3, -0.25) is 4.79 Å². The third-order valence-corrected chi connectivity index (χ3v) is 12.2. The summed E-state index contributed by atoms with van der Waals surface area (Å²) in [5.74, 6) is 2.16. The number of nitrogens with one attached hydrogen (secondary N) is 1. The van der Waals surface area contributed by atoms with Crippen LogP contribution in [0.4, 0.5) is 0 Å². The molecular formula is C28H46N2O. The number of hydrogen-bond acceptors (Lipinski definition) is 2. The van der Waals surface area contributed by atoms with Gasteiger partial charge in [0.2, 0.25) is 5.91 Å². The van der Waals surface area contributed by atoms with Crippen LogP contribution in [-0.2, 0) is 4.79 Å². The molecule has 1 amide bonds. The molecule has 4 fully saturated rings. The lowest BCUT2D eigenvalue weighted by molar-refractivity contribution is -0.122. The number of rotatable bonds is 3. The average molecular weight is 427 g/mol. The van der Waals surface area contributed by atoms with Crippen molar-refractivity contribution in [2.75, 3.05) is 14.1 Å². The molecule has 0 aromatic carbocycles. The molecule has 3 nitrogen and oxygen atoms in total. The summed E-state index contributed by atoms with van der Waals surface area (Å²) in [6, 6.07) is 0.960. The molecule has 0 aliphatic heterocycles. The van der Waals surface area contributed by atoms with Crippen LogP contribution >= 0.6 is 0 Å². The van der Waals surface area contributed by atoms with E-state index in [1.165, 1.54) is 44.9 Å². The van der Waals surface area contributed by atoms with Gasteiger partial charge in [0, 0.05) is 19.0 Å². The highest BCUT2D eigenvalue weighted by atomic mass is 16.1. The summed E-state index contributed by atoms with van der Waals surface area (Å²) in [6.45, 7) is 14.2. The van der Waals surface area contributed by atoms with Crippen molar-refractivity contribution < 1.29 is 4.79 Å².